The molecule has 0 aromatic carbocycles. The Kier molecular flexibility index (Phi) is 4.36. The number of rotatable bonds is 8. The van der Waals surface area contributed by atoms with Gasteiger partial charge in [0.1, 0.15) is 0 Å². The number of nitrogens with zero attached hydrogens (tertiary/aromatic N) is 12. The van der Waals surface area contributed by atoms with Crippen molar-refractivity contribution in [3.05, 3.63) is 20.2 Å². The van der Waals surface area contributed by atoms with Crippen LogP contribution in [0.15, 0.2) is 28.3 Å². The number of nitrogens with one attached hydrogen (secondary N) is 2. The van der Waals surface area contributed by atoms with E-state index in [1.54, 1.807) is 10.9 Å². The van der Waals surface area contributed by atoms with Gasteiger partial charge in [-0.3, -0.25) is 0 Å². The van der Waals surface area contributed by atoms with Gasteiger partial charge in [0.05, 0.1) is 0 Å². The van der Waals surface area contributed by atoms with Crippen LogP contribution in [0.2, 0.25) is 0 Å². The third-order valence-corrected chi connectivity index (χ3v) is 2.83. The molecule has 4 aromatic rings. The van der Waals surface area contributed by atoms with Gasteiger partial charge in [0.15, 0.2) is 10.1 Å². The molecule has 2 N–H and O–H groups in total. The van der Waals surface area contributed by atoms with E-state index in [0.717, 1.165) is 0 Å². The van der Waals surface area contributed by atoms with Crippen LogP contribution in [0, 0.1) is 20.2 Å². The number of aromatic nitrogens is 8. The molecule has 0 saturated carbocycles. The maximum atomic E-state index is 10.5. The van der Waals surface area contributed by atoms with Gasteiger partial charge in [-0.2, -0.15) is 0 Å². The lowest BCUT2D eigenvalue weighted by atomic mass is 10.4. The fourth-order valence-corrected chi connectivity index (χ4v) is 1.77. The maximum Gasteiger partial charge on any atom is 0.362 e. The van der Waals surface area contributed by atoms with Crippen LogP contribution in [0.5, 0.6) is 0 Å². The summed E-state index contributed by atoms with van der Waals surface area (Å²) < 4.78 is 18.9. The highest BCUT2D eigenvalue weighted by Crippen LogP contribution is 2.28. The third kappa shape index (κ3) is 3.66. The Bertz CT molecular complexity index is 1140. The largest absolute Gasteiger partial charge is 0.399 e. The lowest BCUT2D eigenvalue weighted by Gasteiger charge is -1.90. The van der Waals surface area contributed by atoms with Gasteiger partial charge in [-0.25, -0.2) is 29.5 Å². The smallest absolute Gasteiger partial charge is 0.362 e. The van der Waals surface area contributed by atoms with Crippen molar-refractivity contribution in [2.45, 2.75) is 0 Å². The second-order valence-electron chi connectivity index (χ2n) is 4.64. The quantitative estimate of drug-likeness (QED) is 0.217. The van der Waals surface area contributed by atoms with E-state index in [-0.39, 0.29) is 34.8 Å². The van der Waals surface area contributed by atoms with E-state index in [1.807, 2.05) is 0 Å². The van der Waals surface area contributed by atoms with Gasteiger partial charge in [0, 0.05) is 0 Å². The topological polar surface area (TPSA) is 291 Å². The summed E-state index contributed by atoms with van der Waals surface area (Å²) in [6, 6.07) is -0.836. The van der Waals surface area contributed by atoms with Gasteiger partial charge in [-0.05, 0) is 20.6 Å². The number of azo groups is 1. The lowest BCUT2D eigenvalue weighted by Crippen LogP contribution is -2.08. The second kappa shape index (κ2) is 7.29. The van der Waals surface area contributed by atoms with Gasteiger partial charge < -0.3 is 8.83 Å². The van der Waals surface area contributed by atoms with Crippen LogP contribution in [0.4, 0.5) is 23.7 Å². The average molecular weight is 422 g/mol. The van der Waals surface area contributed by atoms with Crippen molar-refractivity contribution in [2.24, 2.45) is 10.2 Å². The number of anilines is 2. The van der Waals surface area contributed by atoms with E-state index in [0.29, 0.717) is 0 Å². The Balaban J connectivity index is 1.50. The zero-order valence-electron chi connectivity index (χ0n) is 13.6. The molecule has 0 aliphatic carbocycles. The Morgan fingerprint density at radius 3 is 1.53 bits per heavy atom. The molecule has 22 nitrogen and oxygen atoms in total. The predicted octanol–water partition coefficient (Wildman–Crippen LogP) is 0.175. The van der Waals surface area contributed by atoms with Gasteiger partial charge in [0.25, 0.3) is 23.4 Å². The molecule has 0 aliphatic heterocycles. The van der Waals surface area contributed by atoms with Crippen molar-refractivity contribution >= 4 is 23.7 Å². The third-order valence-electron chi connectivity index (χ3n) is 2.83. The molecular formula is C8H2N14O8. The molecule has 152 valence electrons. The molecule has 0 radical (unpaired) electrons. The molecule has 30 heavy (non-hydrogen) atoms. The first-order chi connectivity index (χ1) is 14.5. The van der Waals surface area contributed by atoms with Crippen LogP contribution < -0.4 is 10.9 Å². The van der Waals surface area contributed by atoms with E-state index in [4.69, 9.17) is 8.83 Å². The van der Waals surface area contributed by atoms with Gasteiger partial charge >= 0.3 is 12.0 Å². The monoisotopic (exact) mass is 422 g/mol. The number of hydrazine groups is 2. The molecule has 0 saturated heterocycles. The zero-order valence-corrected chi connectivity index (χ0v) is 13.6. The van der Waals surface area contributed by atoms with Crippen LogP contribution in [0.3, 0.4) is 0 Å². The van der Waals surface area contributed by atoms with Crippen molar-refractivity contribution < 1.29 is 28.2 Å². The summed E-state index contributed by atoms with van der Waals surface area (Å²) in [6.07, 6.45) is 0. The van der Waals surface area contributed by atoms with E-state index in [9.17, 15) is 20.2 Å². The maximum absolute atomic E-state index is 10.5. The molecule has 0 amide bonds. The fraction of sp³-hybridized carbons (Fsp3) is 0. The normalized spacial score (nSPS) is 11.1. The first kappa shape index (κ1) is 17.9. The SMILES string of the molecule is O=[N+]([O-])Nc1nonc1-c1nnc(N=Nc2nnc(-c3nonc3N[N+](=O)[O-])o2)o1. The predicted molar refractivity (Wildman–Crippen MR) is 80.6 cm³/mol. The highest BCUT2D eigenvalue weighted by atomic mass is 16.7. The number of nitro groups is 2. The number of hydrogen-bond donors (Lipinski definition) is 2. The first-order valence-electron chi connectivity index (χ1n) is 7.06. The first-order valence-corrected chi connectivity index (χ1v) is 7.06. The molecule has 0 fully saturated rings. The van der Waals surface area contributed by atoms with E-state index in [1.165, 1.54) is 0 Å². The number of hydrogen-bond acceptors (Lipinski definition) is 18. The van der Waals surface area contributed by atoms with Crippen LogP contribution >= 0.6 is 0 Å². The second-order valence-corrected chi connectivity index (χ2v) is 4.64. The average Bonchev–Trinajstić information content (AvgIpc) is 3.46. The molecule has 4 rings (SSSR count). The molecule has 0 atom stereocenters. The molecule has 0 aliphatic rings. The molecule has 22 heteroatoms. The molecule has 4 heterocycles. The standard InChI is InChI=1S/C8H2N14O8/c23-21(24)15-3-1(17-29-19-3)5-9-11-7(27-5)13-14-8-12-10-6(28-8)2-4(16-22(25)26)20-30-18-2/h(H,15,19)(H,16,20). The summed E-state index contributed by atoms with van der Waals surface area (Å²) in [5.74, 6) is -1.39. The molecule has 4 aromatic heterocycles. The van der Waals surface area contributed by atoms with Crippen LogP contribution in [0.1, 0.15) is 0 Å². The summed E-state index contributed by atoms with van der Waals surface area (Å²) in [7, 11) is 0. The Labute approximate surface area is 158 Å². The van der Waals surface area contributed by atoms with Crippen molar-refractivity contribution in [2.75, 3.05) is 10.9 Å². The van der Waals surface area contributed by atoms with Crippen molar-refractivity contribution in [1.82, 2.24) is 41.0 Å². The Hall–Kier alpha value is -5.44. The van der Waals surface area contributed by atoms with Gasteiger partial charge in [0.2, 0.25) is 11.4 Å². The van der Waals surface area contributed by atoms with Gasteiger partial charge in [-0.1, -0.05) is 31.3 Å². The molecule has 0 unspecified atom stereocenters. The van der Waals surface area contributed by atoms with Crippen molar-refractivity contribution in [1.29, 1.82) is 0 Å². The molecule has 0 bridgehead atoms. The Morgan fingerprint density at radius 1 is 0.700 bits per heavy atom. The van der Waals surface area contributed by atoms with Crippen LogP contribution in [0.25, 0.3) is 23.2 Å². The fourth-order valence-electron chi connectivity index (χ4n) is 1.77. The highest BCUT2D eigenvalue weighted by Gasteiger charge is 2.23. The highest BCUT2D eigenvalue weighted by molar-refractivity contribution is 5.62. The van der Waals surface area contributed by atoms with E-state index >= 15 is 0 Å². The van der Waals surface area contributed by atoms with Crippen LogP contribution in [-0.4, -0.2) is 51.1 Å². The molecular weight excluding hydrogens is 420 g/mol. The zero-order chi connectivity index (χ0) is 21.1. The van der Waals surface area contributed by atoms with E-state index < -0.39 is 22.1 Å². The van der Waals surface area contributed by atoms with Crippen molar-refractivity contribution in [3.8, 4) is 23.2 Å². The minimum absolute atomic E-state index is 0.245. The Morgan fingerprint density at radius 2 is 1.13 bits per heavy atom. The summed E-state index contributed by atoms with van der Waals surface area (Å²) in [5, 5.41) is 53.7. The lowest BCUT2D eigenvalue weighted by molar-refractivity contribution is -0.445. The van der Waals surface area contributed by atoms with Crippen LogP contribution in [-0.2, 0) is 0 Å². The van der Waals surface area contributed by atoms with Crippen molar-refractivity contribution in [3.63, 3.8) is 0 Å². The summed E-state index contributed by atoms with van der Waals surface area (Å²) in [5.41, 5.74) is 2.96. The summed E-state index contributed by atoms with van der Waals surface area (Å²) in [4.78, 5) is 21.0. The minimum atomic E-state index is -0.899. The summed E-state index contributed by atoms with van der Waals surface area (Å²) >= 11 is 0. The van der Waals surface area contributed by atoms with E-state index in [2.05, 4.69) is 60.5 Å². The summed E-state index contributed by atoms with van der Waals surface area (Å²) in [6.45, 7) is 0. The van der Waals surface area contributed by atoms with Gasteiger partial charge in [-0.15, -0.1) is 10.2 Å². The molecule has 0 spiro atoms. The minimum Gasteiger partial charge on any atom is -0.399 e.